The lowest BCUT2D eigenvalue weighted by Crippen LogP contribution is -2.20. The van der Waals surface area contributed by atoms with Crippen LogP contribution in [0.15, 0.2) is 18.2 Å². The summed E-state index contributed by atoms with van der Waals surface area (Å²) >= 11 is 0. The predicted molar refractivity (Wildman–Crippen MR) is 69.4 cm³/mol. The number of anilines is 1. The molecule has 1 aromatic carbocycles. The number of carbonyl (C=O) groups excluding carboxylic acids is 2. The second-order valence-electron chi connectivity index (χ2n) is 3.63. The number of benzene rings is 1. The average Bonchev–Trinajstić information content (AvgIpc) is 2.44. The van der Waals surface area contributed by atoms with Crippen molar-refractivity contribution in [2.75, 3.05) is 26.1 Å². The Morgan fingerprint density at radius 3 is 2.42 bits per heavy atom. The molecule has 0 saturated heterocycles. The van der Waals surface area contributed by atoms with Crippen LogP contribution in [-0.4, -0.2) is 32.7 Å². The molecule has 0 fully saturated rings. The first-order valence-corrected chi connectivity index (χ1v) is 5.78. The van der Waals surface area contributed by atoms with Gasteiger partial charge in [0.05, 0.1) is 14.2 Å². The zero-order valence-corrected chi connectivity index (χ0v) is 11.2. The fourth-order valence-electron chi connectivity index (χ4n) is 1.36. The van der Waals surface area contributed by atoms with Crippen LogP contribution in [0.5, 0.6) is 11.5 Å². The molecule has 0 aliphatic heterocycles. The third kappa shape index (κ3) is 4.50. The highest BCUT2D eigenvalue weighted by molar-refractivity contribution is 5.93. The van der Waals surface area contributed by atoms with Gasteiger partial charge in [0.2, 0.25) is 0 Å². The highest BCUT2D eigenvalue weighted by atomic mass is 16.5. The molecule has 0 saturated carbocycles. The monoisotopic (exact) mass is 267 g/mol. The van der Waals surface area contributed by atoms with Crippen LogP contribution in [-0.2, 0) is 14.3 Å². The van der Waals surface area contributed by atoms with E-state index in [2.05, 4.69) is 5.32 Å². The van der Waals surface area contributed by atoms with Gasteiger partial charge in [0, 0.05) is 18.2 Å². The van der Waals surface area contributed by atoms with Gasteiger partial charge in [0.1, 0.15) is 0 Å². The topological polar surface area (TPSA) is 73.9 Å². The summed E-state index contributed by atoms with van der Waals surface area (Å²) in [7, 11) is 3.03. The van der Waals surface area contributed by atoms with Crippen molar-refractivity contribution in [3.63, 3.8) is 0 Å². The molecule has 1 amide bonds. The molecule has 19 heavy (non-hydrogen) atoms. The Kier molecular flexibility index (Phi) is 5.66. The molecule has 0 heterocycles. The first kappa shape index (κ1) is 14.8. The minimum Gasteiger partial charge on any atom is -0.493 e. The van der Waals surface area contributed by atoms with E-state index < -0.39 is 11.9 Å². The van der Waals surface area contributed by atoms with E-state index in [4.69, 9.17) is 14.2 Å². The van der Waals surface area contributed by atoms with Crippen molar-refractivity contribution in [2.45, 2.75) is 13.3 Å². The summed E-state index contributed by atoms with van der Waals surface area (Å²) in [4.78, 5) is 22.4. The Hall–Kier alpha value is -2.24. The first-order valence-electron chi connectivity index (χ1n) is 5.78. The Bertz CT molecular complexity index is 458. The van der Waals surface area contributed by atoms with Crippen LogP contribution in [0.2, 0.25) is 0 Å². The summed E-state index contributed by atoms with van der Waals surface area (Å²) in [6, 6.07) is 4.96. The van der Waals surface area contributed by atoms with E-state index in [1.165, 1.54) is 14.2 Å². The van der Waals surface area contributed by atoms with Gasteiger partial charge in [0.25, 0.3) is 5.91 Å². The normalized spacial score (nSPS) is 9.63. The van der Waals surface area contributed by atoms with Gasteiger partial charge in [0.15, 0.2) is 18.1 Å². The second-order valence-corrected chi connectivity index (χ2v) is 3.63. The molecule has 1 aromatic rings. The number of nitrogens with one attached hydrogen (secondary N) is 1. The van der Waals surface area contributed by atoms with E-state index in [0.717, 1.165) is 0 Å². The van der Waals surface area contributed by atoms with Crippen LogP contribution in [0, 0.1) is 0 Å². The molecular formula is C13H17NO5. The standard InChI is InChI=1S/C13H17NO5/c1-4-13(16)19-8-12(15)14-9-5-6-10(17-2)11(7-9)18-3/h5-7H,4,8H2,1-3H3,(H,14,15). The van der Waals surface area contributed by atoms with Crippen LogP contribution in [0.25, 0.3) is 0 Å². The molecule has 6 heteroatoms. The van der Waals surface area contributed by atoms with Gasteiger partial charge in [-0.25, -0.2) is 0 Å². The van der Waals surface area contributed by atoms with Crippen molar-refractivity contribution in [3.05, 3.63) is 18.2 Å². The fraction of sp³-hybridized carbons (Fsp3) is 0.385. The summed E-state index contributed by atoms with van der Waals surface area (Å²) < 4.78 is 14.9. The molecule has 6 nitrogen and oxygen atoms in total. The second kappa shape index (κ2) is 7.25. The predicted octanol–water partition coefficient (Wildman–Crippen LogP) is 1.60. The number of hydrogen-bond acceptors (Lipinski definition) is 5. The molecule has 0 aliphatic rings. The minimum absolute atomic E-state index is 0.240. The van der Waals surface area contributed by atoms with Gasteiger partial charge in [-0.3, -0.25) is 9.59 Å². The summed E-state index contributed by atoms with van der Waals surface area (Å²) in [6.45, 7) is 1.36. The van der Waals surface area contributed by atoms with Crippen LogP contribution in [0.1, 0.15) is 13.3 Å². The summed E-state index contributed by atoms with van der Waals surface area (Å²) in [5, 5.41) is 2.60. The largest absolute Gasteiger partial charge is 0.493 e. The van der Waals surface area contributed by atoms with Crippen molar-refractivity contribution in [1.29, 1.82) is 0 Å². The number of hydrogen-bond donors (Lipinski definition) is 1. The Morgan fingerprint density at radius 2 is 1.84 bits per heavy atom. The Morgan fingerprint density at radius 1 is 1.16 bits per heavy atom. The smallest absolute Gasteiger partial charge is 0.306 e. The zero-order chi connectivity index (χ0) is 14.3. The minimum atomic E-state index is -0.414. The van der Waals surface area contributed by atoms with Crippen molar-refractivity contribution in [3.8, 4) is 11.5 Å². The molecule has 0 spiro atoms. The van der Waals surface area contributed by atoms with Crippen LogP contribution < -0.4 is 14.8 Å². The van der Waals surface area contributed by atoms with Crippen molar-refractivity contribution >= 4 is 17.6 Å². The number of carbonyl (C=O) groups is 2. The quantitative estimate of drug-likeness (QED) is 0.792. The lowest BCUT2D eigenvalue weighted by Gasteiger charge is -2.10. The number of rotatable bonds is 6. The lowest BCUT2D eigenvalue weighted by atomic mass is 10.2. The van der Waals surface area contributed by atoms with Gasteiger partial charge in [-0.1, -0.05) is 6.92 Å². The van der Waals surface area contributed by atoms with Crippen LogP contribution in [0.3, 0.4) is 0 Å². The van der Waals surface area contributed by atoms with Gasteiger partial charge in [-0.2, -0.15) is 0 Å². The van der Waals surface area contributed by atoms with Crippen LogP contribution >= 0.6 is 0 Å². The highest BCUT2D eigenvalue weighted by Gasteiger charge is 2.09. The molecule has 104 valence electrons. The number of esters is 1. The molecule has 0 bridgehead atoms. The van der Waals surface area contributed by atoms with E-state index in [-0.39, 0.29) is 13.0 Å². The van der Waals surface area contributed by atoms with Crippen molar-refractivity contribution in [2.24, 2.45) is 0 Å². The Labute approximate surface area is 111 Å². The van der Waals surface area contributed by atoms with E-state index >= 15 is 0 Å². The number of methoxy groups -OCH3 is 2. The average molecular weight is 267 g/mol. The third-order valence-electron chi connectivity index (χ3n) is 2.32. The molecule has 1 N–H and O–H groups in total. The Balaban J connectivity index is 2.61. The summed E-state index contributed by atoms with van der Waals surface area (Å²) in [6.07, 6.45) is 0.240. The summed E-state index contributed by atoms with van der Waals surface area (Å²) in [5.41, 5.74) is 0.537. The van der Waals surface area contributed by atoms with E-state index in [1.807, 2.05) is 0 Å². The number of ether oxygens (including phenoxy) is 3. The van der Waals surface area contributed by atoms with Gasteiger partial charge >= 0.3 is 5.97 Å². The van der Waals surface area contributed by atoms with Gasteiger partial charge < -0.3 is 19.5 Å². The third-order valence-corrected chi connectivity index (χ3v) is 2.32. The molecule has 0 unspecified atom stereocenters. The molecule has 0 atom stereocenters. The maximum absolute atomic E-state index is 11.5. The molecule has 0 radical (unpaired) electrons. The maximum Gasteiger partial charge on any atom is 0.306 e. The lowest BCUT2D eigenvalue weighted by molar-refractivity contribution is -0.146. The molecule has 1 rings (SSSR count). The van der Waals surface area contributed by atoms with E-state index in [1.54, 1.807) is 25.1 Å². The number of amides is 1. The van der Waals surface area contributed by atoms with E-state index in [0.29, 0.717) is 17.2 Å². The molecule has 0 aliphatic carbocycles. The molecular weight excluding hydrogens is 250 g/mol. The van der Waals surface area contributed by atoms with Crippen molar-refractivity contribution in [1.82, 2.24) is 0 Å². The van der Waals surface area contributed by atoms with Crippen molar-refractivity contribution < 1.29 is 23.8 Å². The molecule has 0 aromatic heterocycles. The van der Waals surface area contributed by atoms with E-state index in [9.17, 15) is 9.59 Å². The SMILES string of the molecule is CCC(=O)OCC(=O)Nc1ccc(OC)c(OC)c1. The van der Waals surface area contributed by atoms with Gasteiger partial charge in [-0.15, -0.1) is 0 Å². The van der Waals surface area contributed by atoms with Crippen LogP contribution in [0.4, 0.5) is 5.69 Å². The van der Waals surface area contributed by atoms with Gasteiger partial charge in [-0.05, 0) is 12.1 Å². The summed E-state index contributed by atoms with van der Waals surface area (Å²) in [5.74, 6) is 0.250. The fourth-order valence-corrected chi connectivity index (χ4v) is 1.36. The zero-order valence-electron chi connectivity index (χ0n) is 11.2. The first-order chi connectivity index (χ1) is 9.10. The highest BCUT2D eigenvalue weighted by Crippen LogP contribution is 2.29. The maximum atomic E-state index is 11.5.